The van der Waals surface area contributed by atoms with E-state index in [4.69, 9.17) is 4.74 Å². The van der Waals surface area contributed by atoms with E-state index in [-0.39, 0.29) is 17.3 Å². The largest absolute Gasteiger partial charge is 0.466 e. The van der Waals surface area contributed by atoms with Crippen LogP contribution in [0, 0.1) is 11.3 Å². The highest BCUT2D eigenvalue weighted by Crippen LogP contribution is 2.64. The fourth-order valence-corrected chi connectivity index (χ4v) is 2.59. The molecule has 1 aliphatic rings. The van der Waals surface area contributed by atoms with Crippen molar-refractivity contribution in [3.05, 3.63) is 35.9 Å². The molecule has 1 fully saturated rings. The lowest BCUT2D eigenvalue weighted by Crippen LogP contribution is -2.10. The Morgan fingerprint density at radius 3 is 2.50 bits per heavy atom. The van der Waals surface area contributed by atoms with Crippen LogP contribution in [0.1, 0.15) is 32.3 Å². The molecule has 1 aromatic carbocycles. The monoisotopic (exact) mass is 218 g/mol. The van der Waals surface area contributed by atoms with Crippen LogP contribution in [0.2, 0.25) is 0 Å². The van der Waals surface area contributed by atoms with Crippen molar-refractivity contribution in [1.29, 1.82) is 0 Å². The summed E-state index contributed by atoms with van der Waals surface area (Å²) in [6, 6.07) is 10.2. The number of rotatable bonds is 3. The molecule has 0 unspecified atom stereocenters. The van der Waals surface area contributed by atoms with Crippen molar-refractivity contribution in [2.45, 2.75) is 26.7 Å². The standard InChI is InChI=1S/C14H18O2/c1-4-16-13(15)12-11(14(12,2)3)10-8-6-5-7-9-10/h5-9,11-12H,4H2,1-3H3/t11-,12+/m0/s1. The van der Waals surface area contributed by atoms with Gasteiger partial charge in [-0.15, -0.1) is 0 Å². The topological polar surface area (TPSA) is 26.3 Å². The molecule has 0 amide bonds. The van der Waals surface area contributed by atoms with E-state index >= 15 is 0 Å². The van der Waals surface area contributed by atoms with Crippen LogP contribution in [-0.2, 0) is 9.53 Å². The highest BCUT2D eigenvalue weighted by atomic mass is 16.5. The molecule has 0 radical (unpaired) electrons. The molecule has 1 saturated carbocycles. The molecule has 0 N–H and O–H groups in total. The molecule has 0 spiro atoms. The lowest BCUT2D eigenvalue weighted by Gasteiger charge is -2.01. The maximum Gasteiger partial charge on any atom is 0.310 e. The van der Waals surface area contributed by atoms with Gasteiger partial charge >= 0.3 is 5.97 Å². The number of esters is 1. The van der Waals surface area contributed by atoms with Gasteiger partial charge in [-0.2, -0.15) is 0 Å². The van der Waals surface area contributed by atoms with Gasteiger partial charge in [-0.05, 0) is 17.9 Å². The van der Waals surface area contributed by atoms with Crippen LogP contribution in [0.3, 0.4) is 0 Å². The molecule has 1 aromatic rings. The summed E-state index contributed by atoms with van der Waals surface area (Å²) in [4.78, 5) is 11.8. The van der Waals surface area contributed by atoms with Gasteiger partial charge in [-0.1, -0.05) is 44.2 Å². The first-order valence-electron chi connectivity index (χ1n) is 5.80. The molecule has 1 aliphatic carbocycles. The minimum absolute atomic E-state index is 0.0230. The highest BCUT2D eigenvalue weighted by molar-refractivity contribution is 5.79. The van der Waals surface area contributed by atoms with Crippen molar-refractivity contribution in [3.63, 3.8) is 0 Å². The summed E-state index contributed by atoms with van der Waals surface area (Å²) in [5.41, 5.74) is 1.28. The summed E-state index contributed by atoms with van der Waals surface area (Å²) >= 11 is 0. The Morgan fingerprint density at radius 1 is 1.31 bits per heavy atom. The number of hydrogen-bond donors (Lipinski definition) is 0. The molecule has 0 heterocycles. The molecule has 2 atom stereocenters. The van der Waals surface area contributed by atoms with Gasteiger partial charge in [0.05, 0.1) is 12.5 Å². The first-order chi connectivity index (χ1) is 7.59. The Balaban J connectivity index is 2.17. The average molecular weight is 218 g/mol. The van der Waals surface area contributed by atoms with Crippen molar-refractivity contribution in [3.8, 4) is 0 Å². The molecular formula is C14H18O2. The van der Waals surface area contributed by atoms with Crippen LogP contribution in [0.25, 0.3) is 0 Å². The second kappa shape index (κ2) is 3.93. The van der Waals surface area contributed by atoms with Crippen LogP contribution < -0.4 is 0 Å². The first kappa shape index (κ1) is 11.2. The van der Waals surface area contributed by atoms with E-state index in [0.717, 1.165) is 0 Å². The summed E-state index contributed by atoms with van der Waals surface area (Å²) in [5.74, 6) is 0.281. The summed E-state index contributed by atoms with van der Waals surface area (Å²) in [5, 5.41) is 0. The van der Waals surface area contributed by atoms with Crippen LogP contribution in [-0.4, -0.2) is 12.6 Å². The summed E-state index contributed by atoms with van der Waals surface area (Å²) in [7, 11) is 0. The molecule has 2 heteroatoms. The minimum Gasteiger partial charge on any atom is -0.466 e. The van der Waals surface area contributed by atoms with Crippen LogP contribution in [0.5, 0.6) is 0 Å². The second-order valence-electron chi connectivity index (χ2n) is 4.94. The maximum atomic E-state index is 11.8. The van der Waals surface area contributed by atoms with Crippen molar-refractivity contribution in [2.75, 3.05) is 6.61 Å². The smallest absolute Gasteiger partial charge is 0.310 e. The van der Waals surface area contributed by atoms with Gasteiger partial charge in [0.25, 0.3) is 0 Å². The Kier molecular flexibility index (Phi) is 2.75. The maximum absolute atomic E-state index is 11.8. The van der Waals surface area contributed by atoms with Crippen LogP contribution in [0.15, 0.2) is 30.3 Å². The third-order valence-electron chi connectivity index (χ3n) is 3.53. The predicted octanol–water partition coefficient (Wildman–Crippen LogP) is 2.99. The molecule has 0 bridgehead atoms. The number of benzene rings is 1. The average Bonchev–Trinajstić information content (AvgIpc) is 2.83. The van der Waals surface area contributed by atoms with Crippen LogP contribution >= 0.6 is 0 Å². The molecule has 0 aromatic heterocycles. The predicted molar refractivity (Wildman–Crippen MR) is 63.1 cm³/mol. The van der Waals surface area contributed by atoms with Crippen molar-refractivity contribution in [2.24, 2.45) is 11.3 Å². The zero-order chi connectivity index (χ0) is 11.8. The van der Waals surface area contributed by atoms with E-state index in [2.05, 4.69) is 26.0 Å². The Bertz CT molecular complexity index is 381. The Hall–Kier alpha value is -1.31. The van der Waals surface area contributed by atoms with E-state index in [0.29, 0.717) is 12.5 Å². The van der Waals surface area contributed by atoms with Gasteiger partial charge in [0, 0.05) is 5.92 Å². The Labute approximate surface area is 96.6 Å². The molecule has 0 aliphatic heterocycles. The first-order valence-corrected chi connectivity index (χ1v) is 5.80. The normalized spacial score (nSPS) is 26.2. The fraction of sp³-hybridized carbons (Fsp3) is 0.500. The molecule has 2 rings (SSSR count). The molecule has 2 nitrogen and oxygen atoms in total. The molecule has 86 valence electrons. The fourth-order valence-electron chi connectivity index (χ4n) is 2.59. The lowest BCUT2D eigenvalue weighted by molar-refractivity contribution is -0.145. The van der Waals surface area contributed by atoms with E-state index in [1.165, 1.54) is 5.56 Å². The Morgan fingerprint density at radius 2 is 1.94 bits per heavy atom. The molecule has 0 saturated heterocycles. The lowest BCUT2D eigenvalue weighted by atomic mass is 10.0. The van der Waals surface area contributed by atoms with E-state index in [1.807, 2.05) is 25.1 Å². The van der Waals surface area contributed by atoms with Gasteiger partial charge < -0.3 is 4.74 Å². The zero-order valence-corrected chi connectivity index (χ0v) is 10.1. The van der Waals surface area contributed by atoms with E-state index in [1.54, 1.807) is 0 Å². The summed E-state index contributed by atoms with van der Waals surface area (Å²) in [6.45, 7) is 6.58. The molecule has 16 heavy (non-hydrogen) atoms. The van der Waals surface area contributed by atoms with E-state index < -0.39 is 0 Å². The van der Waals surface area contributed by atoms with Gasteiger partial charge in [0.1, 0.15) is 0 Å². The molecular weight excluding hydrogens is 200 g/mol. The van der Waals surface area contributed by atoms with Crippen molar-refractivity contribution < 1.29 is 9.53 Å². The summed E-state index contributed by atoms with van der Waals surface area (Å²) < 4.78 is 5.11. The minimum atomic E-state index is -0.0543. The number of carbonyl (C=O) groups excluding carboxylic acids is 1. The van der Waals surface area contributed by atoms with Gasteiger partial charge in [0.2, 0.25) is 0 Å². The second-order valence-corrected chi connectivity index (χ2v) is 4.94. The van der Waals surface area contributed by atoms with Gasteiger partial charge in [-0.25, -0.2) is 0 Å². The van der Waals surface area contributed by atoms with Crippen molar-refractivity contribution >= 4 is 5.97 Å². The SMILES string of the molecule is CCOC(=O)[C@H]1[C@H](c2ccccc2)C1(C)C. The van der Waals surface area contributed by atoms with Crippen LogP contribution in [0.4, 0.5) is 0 Å². The number of hydrogen-bond acceptors (Lipinski definition) is 2. The highest BCUT2D eigenvalue weighted by Gasteiger charge is 2.63. The third kappa shape index (κ3) is 1.73. The van der Waals surface area contributed by atoms with Crippen molar-refractivity contribution in [1.82, 2.24) is 0 Å². The number of ether oxygens (including phenoxy) is 1. The van der Waals surface area contributed by atoms with E-state index in [9.17, 15) is 4.79 Å². The third-order valence-corrected chi connectivity index (χ3v) is 3.53. The van der Waals surface area contributed by atoms with Gasteiger partial charge in [0.15, 0.2) is 0 Å². The number of carbonyl (C=O) groups is 1. The summed E-state index contributed by atoms with van der Waals surface area (Å²) in [6.07, 6.45) is 0. The zero-order valence-electron chi connectivity index (χ0n) is 10.1. The quantitative estimate of drug-likeness (QED) is 0.729. The van der Waals surface area contributed by atoms with Gasteiger partial charge in [-0.3, -0.25) is 4.79 Å².